The van der Waals surface area contributed by atoms with Gasteiger partial charge in [-0.15, -0.1) is 0 Å². The van der Waals surface area contributed by atoms with Crippen LogP contribution in [-0.4, -0.2) is 89.3 Å². The first-order chi connectivity index (χ1) is 18.7. The van der Waals surface area contributed by atoms with Crippen LogP contribution in [0.15, 0.2) is 12.2 Å². The van der Waals surface area contributed by atoms with Crippen molar-refractivity contribution in [3.8, 4) is 0 Å². The van der Waals surface area contributed by atoms with Crippen molar-refractivity contribution < 1.29 is 47.0 Å². The van der Waals surface area contributed by atoms with Crippen LogP contribution < -0.4 is 21.3 Å². The molecule has 4 amide bonds. The van der Waals surface area contributed by atoms with Crippen molar-refractivity contribution in [2.45, 2.75) is 82.5 Å². The molecule has 5 N–H and O–H groups in total. The van der Waals surface area contributed by atoms with E-state index in [1.807, 2.05) is 0 Å². The maximum absolute atomic E-state index is 13.2. The second kappa shape index (κ2) is 16.1. The number of halogens is 3. The van der Waals surface area contributed by atoms with Crippen molar-refractivity contribution in [1.29, 1.82) is 0 Å². The Hall–Kier alpha value is -2.46. The molecular weight excluding hydrogens is 577 g/mol. The monoisotopic (exact) mass is 612 g/mol. The number of rotatable bonds is 5. The molecule has 1 saturated heterocycles. The molecule has 2 rings (SSSR count). The fourth-order valence-electron chi connectivity index (χ4n) is 3.90. The van der Waals surface area contributed by atoms with E-state index in [4.69, 9.17) is 4.74 Å². The van der Waals surface area contributed by atoms with Crippen molar-refractivity contribution in [1.82, 2.24) is 21.3 Å². The maximum atomic E-state index is 13.2. The van der Waals surface area contributed by atoms with Gasteiger partial charge in [0, 0.05) is 17.9 Å². The summed E-state index contributed by atoms with van der Waals surface area (Å²) in [6.07, 6.45) is -4.86. The SMILES string of the molecule is CC(C)[C@H]1NC(=O)[C@H]2CSSCC/C=C/[C@H](CC(=O)N[C@H](CCC(=O)NCC(F)(F)F)C(=O)N2)OC(=O)C[C@@H]1O. The lowest BCUT2D eigenvalue weighted by Crippen LogP contribution is -2.58. The Balaban J connectivity index is 2.38. The minimum absolute atomic E-state index is 0.115. The Morgan fingerprint density at radius 3 is 2.52 bits per heavy atom. The number of hydrogen-bond acceptors (Lipinski definition) is 9. The minimum Gasteiger partial charge on any atom is -0.457 e. The highest BCUT2D eigenvalue weighted by molar-refractivity contribution is 8.76. The third kappa shape index (κ3) is 12.4. The highest BCUT2D eigenvalue weighted by atomic mass is 33.1. The van der Waals surface area contributed by atoms with Crippen molar-refractivity contribution in [2.24, 2.45) is 5.92 Å². The van der Waals surface area contributed by atoms with E-state index in [-0.39, 0.29) is 18.1 Å². The normalized spacial score (nSPS) is 28.6. The summed E-state index contributed by atoms with van der Waals surface area (Å²) in [5, 5.41) is 20.1. The smallest absolute Gasteiger partial charge is 0.405 e. The minimum atomic E-state index is -4.62. The van der Waals surface area contributed by atoms with E-state index in [2.05, 4.69) is 16.0 Å². The number of carbonyl (C=O) groups is 5. The second-order valence-electron chi connectivity index (χ2n) is 9.72. The van der Waals surface area contributed by atoms with Gasteiger partial charge in [0.1, 0.15) is 24.7 Å². The number of esters is 1. The molecular formula is C24H35F3N4O7S2. The standard InChI is InChI=1S/C24H35F3N4O7S2/c1-13(2)21-17(32)10-20(35)38-14-5-3-4-8-39-40-11-16(23(37)31-21)30-22(36)15(29-19(34)9-14)6-7-18(33)28-12-24(25,26)27/h3,5,13-17,21,32H,4,6-12H2,1-2H3,(H,28,33)(H,29,34)(H,30,36)(H,31,37)/b5-3+/t14-,15-,16-,17+,21-/m1/s1. The van der Waals surface area contributed by atoms with Crippen LogP contribution in [0.4, 0.5) is 13.2 Å². The number of aliphatic hydroxyl groups excluding tert-OH is 1. The molecule has 0 unspecified atom stereocenters. The Bertz CT molecular complexity index is 952. The average Bonchev–Trinajstić information content (AvgIpc) is 2.85. The lowest BCUT2D eigenvalue weighted by atomic mass is 9.96. The summed E-state index contributed by atoms with van der Waals surface area (Å²) in [4.78, 5) is 63.9. The molecule has 2 aliphatic rings. The largest absolute Gasteiger partial charge is 0.457 e. The molecule has 11 nitrogen and oxygen atoms in total. The van der Waals surface area contributed by atoms with Crippen molar-refractivity contribution >= 4 is 51.2 Å². The van der Waals surface area contributed by atoms with E-state index in [0.717, 1.165) is 0 Å². The Labute approximate surface area is 237 Å². The number of amides is 4. The summed E-state index contributed by atoms with van der Waals surface area (Å²) in [7, 11) is 2.75. The van der Waals surface area contributed by atoms with Gasteiger partial charge in [-0.3, -0.25) is 24.0 Å². The molecule has 0 aliphatic carbocycles. The molecule has 0 radical (unpaired) electrons. The highest BCUT2D eigenvalue weighted by Crippen LogP contribution is 2.24. The van der Waals surface area contributed by atoms with Gasteiger partial charge < -0.3 is 31.1 Å². The van der Waals surface area contributed by atoms with E-state index in [1.54, 1.807) is 25.2 Å². The molecule has 2 bridgehead atoms. The van der Waals surface area contributed by atoms with Gasteiger partial charge in [-0.25, -0.2) is 0 Å². The van der Waals surface area contributed by atoms with Crippen LogP contribution in [0.1, 0.15) is 46.0 Å². The van der Waals surface area contributed by atoms with Gasteiger partial charge in [-0.05, 0) is 24.8 Å². The van der Waals surface area contributed by atoms with Crippen LogP contribution in [0.2, 0.25) is 0 Å². The number of hydrogen-bond donors (Lipinski definition) is 5. The molecule has 0 saturated carbocycles. The Morgan fingerprint density at radius 2 is 1.85 bits per heavy atom. The second-order valence-corrected chi connectivity index (χ2v) is 12.3. The summed E-state index contributed by atoms with van der Waals surface area (Å²) in [5.74, 6) is -3.53. The number of aliphatic hydroxyl groups is 1. The lowest BCUT2D eigenvalue weighted by Gasteiger charge is -2.29. The third-order valence-electron chi connectivity index (χ3n) is 5.95. The van der Waals surface area contributed by atoms with E-state index in [0.29, 0.717) is 12.2 Å². The van der Waals surface area contributed by atoms with Gasteiger partial charge in [0.25, 0.3) is 0 Å². The molecule has 0 spiro atoms. The quantitative estimate of drug-likeness (QED) is 0.173. The van der Waals surface area contributed by atoms with Gasteiger partial charge in [-0.1, -0.05) is 41.5 Å². The number of fused-ring (bicyclic) bond motifs is 7. The Morgan fingerprint density at radius 1 is 1.12 bits per heavy atom. The number of allylic oxidation sites excluding steroid dienone is 1. The topological polar surface area (TPSA) is 163 Å². The van der Waals surface area contributed by atoms with E-state index >= 15 is 0 Å². The highest BCUT2D eigenvalue weighted by Gasteiger charge is 2.34. The van der Waals surface area contributed by atoms with Gasteiger partial charge in [0.05, 0.1) is 25.0 Å². The predicted octanol–water partition coefficient (Wildman–Crippen LogP) is 0.963. The fourth-order valence-corrected chi connectivity index (χ4v) is 6.05. The van der Waals surface area contributed by atoms with Gasteiger partial charge in [0.15, 0.2) is 0 Å². The van der Waals surface area contributed by atoms with Gasteiger partial charge >= 0.3 is 12.1 Å². The van der Waals surface area contributed by atoms with Crippen LogP contribution in [-0.2, 0) is 28.7 Å². The average molecular weight is 613 g/mol. The summed E-state index contributed by atoms with van der Waals surface area (Å²) in [6, 6.07) is -3.36. The zero-order valence-electron chi connectivity index (χ0n) is 22.1. The zero-order valence-corrected chi connectivity index (χ0v) is 23.8. The Kier molecular flexibility index (Phi) is 13.6. The van der Waals surface area contributed by atoms with E-state index < -0.39 is 91.9 Å². The molecule has 5 atom stereocenters. The molecule has 2 heterocycles. The molecule has 2 aliphatic heterocycles. The van der Waals surface area contributed by atoms with E-state index in [9.17, 15) is 42.3 Å². The maximum Gasteiger partial charge on any atom is 0.405 e. The lowest BCUT2D eigenvalue weighted by molar-refractivity contribution is -0.151. The zero-order chi connectivity index (χ0) is 29.9. The predicted molar refractivity (Wildman–Crippen MR) is 143 cm³/mol. The number of carbonyl (C=O) groups excluding carboxylic acids is 5. The summed E-state index contributed by atoms with van der Waals surface area (Å²) in [5.41, 5.74) is 0. The van der Waals surface area contributed by atoms with E-state index in [1.165, 1.54) is 27.7 Å². The molecule has 1 fully saturated rings. The molecule has 16 heteroatoms. The van der Waals surface area contributed by atoms with Crippen LogP contribution in [0.25, 0.3) is 0 Å². The molecule has 0 aromatic heterocycles. The molecule has 0 aromatic rings. The summed E-state index contributed by atoms with van der Waals surface area (Å²) >= 11 is 0. The molecule has 226 valence electrons. The number of nitrogens with one attached hydrogen (secondary N) is 4. The van der Waals surface area contributed by atoms with Gasteiger partial charge in [0.2, 0.25) is 23.6 Å². The third-order valence-corrected chi connectivity index (χ3v) is 8.40. The molecule has 40 heavy (non-hydrogen) atoms. The molecule has 0 aromatic carbocycles. The number of ether oxygens (including phenoxy) is 1. The van der Waals surface area contributed by atoms with Crippen molar-refractivity contribution in [2.75, 3.05) is 18.1 Å². The summed E-state index contributed by atoms with van der Waals surface area (Å²) in [6.45, 7) is 1.92. The fraction of sp³-hybridized carbons (Fsp3) is 0.708. The van der Waals surface area contributed by atoms with Crippen LogP contribution in [0, 0.1) is 5.92 Å². The van der Waals surface area contributed by atoms with Crippen molar-refractivity contribution in [3.63, 3.8) is 0 Å². The van der Waals surface area contributed by atoms with Crippen LogP contribution in [0.3, 0.4) is 0 Å². The van der Waals surface area contributed by atoms with Gasteiger partial charge in [-0.2, -0.15) is 13.2 Å². The van der Waals surface area contributed by atoms with Crippen LogP contribution in [0.5, 0.6) is 0 Å². The first-order valence-corrected chi connectivity index (χ1v) is 15.3. The van der Waals surface area contributed by atoms with Crippen LogP contribution >= 0.6 is 21.6 Å². The first kappa shape index (κ1) is 33.7. The van der Waals surface area contributed by atoms with Crippen molar-refractivity contribution in [3.05, 3.63) is 12.2 Å². The number of alkyl halides is 3. The summed E-state index contributed by atoms with van der Waals surface area (Å²) < 4.78 is 42.8. The first-order valence-electron chi connectivity index (χ1n) is 12.8.